The van der Waals surface area contributed by atoms with Crippen molar-refractivity contribution in [1.29, 1.82) is 0 Å². The zero-order valence-electron chi connectivity index (χ0n) is 17.5. The highest BCUT2D eigenvalue weighted by molar-refractivity contribution is 5.79. The second-order valence-electron chi connectivity index (χ2n) is 6.92. The van der Waals surface area contributed by atoms with Crippen molar-refractivity contribution in [3.8, 4) is 5.75 Å². The van der Waals surface area contributed by atoms with E-state index in [2.05, 4.69) is 49.6 Å². The van der Waals surface area contributed by atoms with Crippen LogP contribution in [0.15, 0.2) is 47.5 Å². The van der Waals surface area contributed by atoms with Crippen molar-refractivity contribution in [1.82, 2.24) is 10.6 Å². The molecule has 152 valence electrons. The maximum absolute atomic E-state index is 9.50. The quantitative estimate of drug-likeness (QED) is 0.454. The molecule has 0 spiro atoms. The molecule has 2 aromatic rings. The van der Waals surface area contributed by atoms with Crippen LogP contribution >= 0.6 is 0 Å². The zero-order valence-corrected chi connectivity index (χ0v) is 17.5. The lowest BCUT2D eigenvalue weighted by atomic mass is 10.1. The summed E-state index contributed by atoms with van der Waals surface area (Å²) in [6.45, 7) is 10.3. The van der Waals surface area contributed by atoms with Gasteiger partial charge in [0.05, 0.1) is 19.3 Å². The molecular formula is C23H33N3O2. The van der Waals surface area contributed by atoms with Crippen LogP contribution in [-0.2, 0) is 19.7 Å². The van der Waals surface area contributed by atoms with Crippen LogP contribution < -0.4 is 15.4 Å². The summed E-state index contributed by atoms with van der Waals surface area (Å²) in [4.78, 5) is 4.73. The Morgan fingerprint density at radius 1 is 1.07 bits per heavy atom. The Morgan fingerprint density at radius 3 is 2.50 bits per heavy atom. The first-order chi connectivity index (χ1) is 13.6. The summed E-state index contributed by atoms with van der Waals surface area (Å²) in [6.07, 6.45) is 1.14. The number of aliphatic hydroxyl groups is 1. The zero-order chi connectivity index (χ0) is 20.4. The largest absolute Gasteiger partial charge is 0.490 e. The van der Waals surface area contributed by atoms with Crippen LogP contribution in [0.1, 0.15) is 49.4 Å². The minimum Gasteiger partial charge on any atom is -0.490 e. The minimum atomic E-state index is 0.0330. The van der Waals surface area contributed by atoms with Gasteiger partial charge < -0.3 is 20.5 Å². The second kappa shape index (κ2) is 11.3. The summed E-state index contributed by atoms with van der Waals surface area (Å²) in [5.74, 6) is 1.64. The lowest BCUT2D eigenvalue weighted by molar-refractivity contribution is 0.215. The number of benzene rings is 2. The standard InChI is InChI=1S/C23H33N3O2/c1-5-18(4)28-22-13-17(3)11-12-20(22)15-26-23(24-6-2)25-14-19-9-7-8-10-21(19)16-27/h7-13,18,27H,5-6,14-16H2,1-4H3,(H2,24,25,26). The number of ether oxygens (including phenoxy) is 1. The first-order valence-electron chi connectivity index (χ1n) is 10.0. The fourth-order valence-electron chi connectivity index (χ4n) is 2.77. The van der Waals surface area contributed by atoms with Crippen LogP contribution in [0.5, 0.6) is 5.75 Å². The van der Waals surface area contributed by atoms with Gasteiger partial charge >= 0.3 is 0 Å². The molecule has 3 N–H and O–H groups in total. The summed E-state index contributed by atoms with van der Waals surface area (Å²) < 4.78 is 6.09. The van der Waals surface area contributed by atoms with Crippen molar-refractivity contribution in [3.05, 3.63) is 64.7 Å². The smallest absolute Gasteiger partial charge is 0.191 e. The highest BCUT2D eigenvalue weighted by Crippen LogP contribution is 2.23. The van der Waals surface area contributed by atoms with E-state index in [1.54, 1.807) is 0 Å². The van der Waals surface area contributed by atoms with Gasteiger partial charge in [-0.2, -0.15) is 0 Å². The first kappa shape index (κ1) is 21.8. The number of guanidine groups is 1. The lowest BCUT2D eigenvalue weighted by Gasteiger charge is -2.17. The highest BCUT2D eigenvalue weighted by Gasteiger charge is 2.08. The summed E-state index contributed by atoms with van der Waals surface area (Å²) in [7, 11) is 0. The number of hydrogen-bond acceptors (Lipinski definition) is 3. The average molecular weight is 384 g/mol. The van der Waals surface area contributed by atoms with Gasteiger partial charge in [0, 0.05) is 18.7 Å². The normalized spacial score (nSPS) is 12.5. The molecule has 1 atom stereocenters. The van der Waals surface area contributed by atoms with Gasteiger partial charge in [-0.05, 0) is 49.9 Å². The third-order valence-electron chi connectivity index (χ3n) is 4.61. The van der Waals surface area contributed by atoms with E-state index in [1.165, 1.54) is 5.56 Å². The molecule has 1 unspecified atom stereocenters. The molecule has 2 rings (SSSR count). The van der Waals surface area contributed by atoms with E-state index >= 15 is 0 Å². The molecule has 28 heavy (non-hydrogen) atoms. The molecule has 5 heteroatoms. The van der Waals surface area contributed by atoms with Crippen molar-refractivity contribution in [2.75, 3.05) is 6.54 Å². The molecule has 0 aromatic heterocycles. The SMILES string of the molecule is CCNC(=NCc1ccc(C)cc1OC(C)CC)NCc1ccccc1CO. The minimum absolute atomic E-state index is 0.0330. The van der Waals surface area contributed by atoms with E-state index in [9.17, 15) is 5.11 Å². The summed E-state index contributed by atoms with van der Waals surface area (Å²) in [5.41, 5.74) is 4.23. The number of nitrogens with one attached hydrogen (secondary N) is 2. The first-order valence-corrected chi connectivity index (χ1v) is 10.0. The summed E-state index contributed by atoms with van der Waals surface area (Å²) in [5, 5.41) is 16.1. The highest BCUT2D eigenvalue weighted by atomic mass is 16.5. The molecule has 0 radical (unpaired) electrons. The van der Waals surface area contributed by atoms with E-state index in [0.29, 0.717) is 13.1 Å². The van der Waals surface area contributed by atoms with Crippen LogP contribution in [0.2, 0.25) is 0 Å². The summed E-state index contributed by atoms with van der Waals surface area (Å²) in [6, 6.07) is 14.1. The molecule has 2 aromatic carbocycles. The maximum Gasteiger partial charge on any atom is 0.191 e. The Kier molecular flexibility index (Phi) is 8.82. The number of aliphatic hydroxyl groups excluding tert-OH is 1. The van der Waals surface area contributed by atoms with Crippen LogP contribution in [0.4, 0.5) is 0 Å². The number of nitrogens with zero attached hydrogens (tertiary/aromatic N) is 1. The molecule has 0 bridgehead atoms. The average Bonchev–Trinajstić information content (AvgIpc) is 2.71. The van der Waals surface area contributed by atoms with Crippen molar-refractivity contribution in [2.45, 2.75) is 59.9 Å². The van der Waals surface area contributed by atoms with Crippen molar-refractivity contribution >= 4 is 5.96 Å². The number of aryl methyl sites for hydroxylation is 1. The molecule has 0 saturated heterocycles. The molecule has 5 nitrogen and oxygen atoms in total. The fraction of sp³-hybridized carbons (Fsp3) is 0.435. The van der Waals surface area contributed by atoms with Gasteiger partial charge in [-0.3, -0.25) is 0 Å². The molecular weight excluding hydrogens is 350 g/mol. The number of rotatable bonds is 9. The Labute approximate surface area is 168 Å². The van der Waals surface area contributed by atoms with Crippen molar-refractivity contribution in [2.24, 2.45) is 4.99 Å². The monoisotopic (exact) mass is 383 g/mol. The van der Waals surface area contributed by atoms with E-state index in [4.69, 9.17) is 9.73 Å². The van der Waals surface area contributed by atoms with Gasteiger partial charge in [0.15, 0.2) is 5.96 Å². The molecule has 0 aliphatic rings. The molecule has 0 saturated carbocycles. The molecule has 0 aliphatic carbocycles. The predicted octanol–water partition coefficient (Wildman–Crippen LogP) is 3.92. The Hall–Kier alpha value is -2.53. The fourth-order valence-corrected chi connectivity index (χ4v) is 2.77. The van der Waals surface area contributed by atoms with Crippen molar-refractivity contribution in [3.63, 3.8) is 0 Å². The molecule has 0 fully saturated rings. The summed E-state index contributed by atoms with van der Waals surface area (Å²) >= 11 is 0. The molecule has 0 amide bonds. The van der Waals surface area contributed by atoms with E-state index in [1.807, 2.05) is 31.2 Å². The number of aliphatic imine (C=N–C) groups is 1. The third-order valence-corrected chi connectivity index (χ3v) is 4.61. The van der Waals surface area contributed by atoms with Crippen LogP contribution in [-0.4, -0.2) is 23.7 Å². The predicted molar refractivity (Wildman–Crippen MR) is 116 cm³/mol. The van der Waals surface area contributed by atoms with E-state index < -0.39 is 0 Å². The van der Waals surface area contributed by atoms with Gasteiger partial charge in [0.25, 0.3) is 0 Å². The van der Waals surface area contributed by atoms with Gasteiger partial charge in [-0.1, -0.05) is 43.3 Å². The van der Waals surface area contributed by atoms with Gasteiger partial charge in [0.2, 0.25) is 0 Å². The number of hydrogen-bond donors (Lipinski definition) is 3. The third kappa shape index (κ3) is 6.57. The van der Waals surface area contributed by atoms with Crippen LogP contribution in [0.3, 0.4) is 0 Å². The van der Waals surface area contributed by atoms with Crippen LogP contribution in [0.25, 0.3) is 0 Å². The second-order valence-corrected chi connectivity index (χ2v) is 6.92. The van der Waals surface area contributed by atoms with Gasteiger partial charge in [-0.25, -0.2) is 4.99 Å². The molecule has 0 heterocycles. The van der Waals surface area contributed by atoms with Crippen LogP contribution in [0, 0.1) is 6.92 Å². The van der Waals surface area contributed by atoms with E-state index in [-0.39, 0.29) is 12.7 Å². The molecule has 0 aliphatic heterocycles. The van der Waals surface area contributed by atoms with E-state index in [0.717, 1.165) is 41.4 Å². The maximum atomic E-state index is 9.50. The van der Waals surface area contributed by atoms with Gasteiger partial charge in [0.1, 0.15) is 5.75 Å². The topological polar surface area (TPSA) is 65.9 Å². The Bertz CT molecular complexity index is 774. The Balaban J connectivity index is 2.12. The van der Waals surface area contributed by atoms with Crippen molar-refractivity contribution < 1.29 is 9.84 Å². The Morgan fingerprint density at radius 2 is 1.82 bits per heavy atom. The lowest BCUT2D eigenvalue weighted by Crippen LogP contribution is -2.37. The van der Waals surface area contributed by atoms with Gasteiger partial charge in [-0.15, -0.1) is 0 Å².